The van der Waals surface area contributed by atoms with Crippen molar-refractivity contribution in [3.63, 3.8) is 0 Å². The molecular formula is C8H17NOS. The van der Waals surface area contributed by atoms with E-state index < -0.39 is 0 Å². The smallest absolute Gasteiger partial charge is 0.281 e. The van der Waals surface area contributed by atoms with Crippen LogP contribution in [0.1, 0.15) is 20.8 Å². The van der Waals surface area contributed by atoms with Crippen molar-refractivity contribution in [2.75, 3.05) is 19.3 Å². The minimum Gasteiger partial charge on any atom is -0.336 e. The summed E-state index contributed by atoms with van der Waals surface area (Å²) in [5, 5.41) is 0.182. The molecule has 0 rings (SSSR count). The van der Waals surface area contributed by atoms with E-state index in [0.717, 1.165) is 12.3 Å². The van der Waals surface area contributed by atoms with Crippen LogP contribution in [0, 0.1) is 5.92 Å². The lowest BCUT2D eigenvalue weighted by Gasteiger charge is -2.17. The molecule has 0 aliphatic heterocycles. The van der Waals surface area contributed by atoms with E-state index in [4.69, 9.17) is 0 Å². The molecular weight excluding hydrogens is 158 g/mol. The molecule has 3 heteroatoms. The summed E-state index contributed by atoms with van der Waals surface area (Å²) in [4.78, 5) is 12.9. The predicted octanol–water partition coefficient (Wildman–Crippen LogP) is 2.45. The van der Waals surface area contributed by atoms with Crippen molar-refractivity contribution in [1.82, 2.24) is 4.90 Å². The molecule has 0 saturated heterocycles. The predicted molar refractivity (Wildman–Crippen MR) is 51.0 cm³/mol. The highest BCUT2D eigenvalue weighted by Gasteiger charge is 2.08. The molecule has 0 aliphatic carbocycles. The summed E-state index contributed by atoms with van der Waals surface area (Å²) in [5.74, 6) is 1.42. The van der Waals surface area contributed by atoms with Crippen molar-refractivity contribution >= 4 is 17.0 Å². The van der Waals surface area contributed by atoms with Crippen LogP contribution in [0.2, 0.25) is 0 Å². The van der Waals surface area contributed by atoms with Gasteiger partial charge in [-0.1, -0.05) is 32.5 Å². The lowest BCUT2D eigenvalue weighted by Crippen LogP contribution is -2.26. The molecule has 0 unspecified atom stereocenters. The van der Waals surface area contributed by atoms with Gasteiger partial charge in [0.25, 0.3) is 5.24 Å². The Kier molecular flexibility index (Phi) is 5.38. The minimum atomic E-state index is 0.182. The standard InChI is InChI=1S/C8H17NOS/c1-5-11-8(10)9(4)6-7(2)3/h7H,5-6H2,1-4H3. The summed E-state index contributed by atoms with van der Waals surface area (Å²) in [6, 6.07) is 0. The monoisotopic (exact) mass is 175 g/mol. The molecule has 0 fully saturated rings. The van der Waals surface area contributed by atoms with Crippen LogP contribution in [0.5, 0.6) is 0 Å². The highest BCUT2D eigenvalue weighted by atomic mass is 32.2. The van der Waals surface area contributed by atoms with Crippen LogP contribution in [-0.2, 0) is 0 Å². The maximum absolute atomic E-state index is 11.2. The van der Waals surface area contributed by atoms with Gasteiger partial charge in [0.05, 0.1) is 0 Å². The lowest BCUT2D eigenvalue weighted by atomic mass is 10.2. The van der Waals surface area contributed by atoms with E-state index in [1.807, 2.05) is 14.0 Å². The first-order chi connectivity index (χ1) is 5.07. The second-order valence-electron chi connectivity index (χ2n) is 2.97. The Bertz CT molecular complexity index is 125. The van der Waals surface area contributed by atoms with Gasteiger partial charge in [-0.05, 0) is 11.7 Å². The molecule has 2 nitrogen and oxygen atoms in total. The second kappa shape index (κ2) is 5.47. The largest absolute Gasteiger partial charge is 0.336 e. The number of rotatable bonds is 3. The average Bonchev–Trinajstić information content (AvgIpc) is 1.86. The van der Waals surface area contributed by atoms with E-state index in [1.165, 1.54) is 11.8 Å². The van der Waals surface area contributed by atoms with E-state index >= 15 is 0 Å². The van der Waals surface area contributed by atoms with E-state index in [1.54, 1.807) is 4.90 Å². The highest BCUT2D eigenvalue weighted by molar-refractivity contribution is 8.13. The third-order valence-electron chi connectivity index (χ3n) is 1.22. The van der Waals surface area contributed by atoms with Gasteiger partial charge in [-0.2, -0.15) is 0 Å². The van der Waals surface area contributed by atoms with Gasteiger partial charge in [-0.15, -0.1) is 0 Å². The van der Waals surface area contributed by atoms with Crippen LogP contribution in [0.3, 0.4) is 0 Å². The van der Waals surface area contributed by atoms with Crippen LogP contribution in [0.15, 0.2) is 0 Å². The molecule has 11 heavy (non-hydrogen) atoms. The Morgan fingerprint density at radius 3 is 2.45 bits per heavy atom. The molecule has 0 aliphatic rings. The van der Waals surface area contributed by atoms with E-state index in [0.29, 0.717) is 5.92 Å². The Labute approximate surface area is 73.3 Å². The number of amides is 1. The van der Waals surface area contributed by atoms with Gasteiger partial charge in [0.1, 0.15) is 0 Å². The first kappa shape index (κ1) is 10.8. The van der Waals surface area contributed by atoms with Crippen molar-refractivity contribution in [2.45, 2.75) is 20.8 Å². The quantitative estimate of drug-likeness (QED) is 0.656. The van der Waals surface area contributed by atoms with Crippen molar-refractivity contribution in [3.8, 4) is 0 Å². The summed E-state index contributed by atoms with van der Waals surface area (Å²) >= 11 is 1.37. The number of thioether (sulfide) groups is 1. The van der Waals surface area contributed by atoms with Crippen LogP contribution >= 0.6 is 11.8 Å². The average molecular weight is 175 g/mol. The molecule has 66 valence electrons. The molecule has 0 saturated carbocycles. The molecule has 0 heterocycles. The van der Waals surface area contributed by atoms with Gasteiger partial charge in [-0.3, -0.25) is 4.79 Å². The summed E-state index contributed by atoms with van der Waals surface area (Å²) in [5.41, 5.74) is 0. The zero-order chi connectivity index (χ0) is 8.85. The van der Waals surface area contributed by atoms with Gasteiger partial charge < -0.3 is 4.90 Å². The summed E-state index contributed by atoms with van der Waals surface area (Å²) in [6.07, 6.45) is 0. The van der Waals surface area contributed by atoms with Gasteiger partial charge in [0.2, 0.25) is 0 Å². The van der Waals surface area contributed by atoms with Crippen molar-refractivity contribution < 1.29 is 4.79 Å². The highest BCUT2D eigenvalue weighted by Crippen LogP contribution is 2.07. The van der Waals surface area contributed by atoms with Crippen molar-refractivity contribution in [3.05, 3.63) is 0 Å². The van der Waals surface area contributed by atoms with E-state index in [-0.39, 0.29) is 5.24 Å². The first-order valence-electron chi connectivity index (χ1n) is 3.95. The molecule has 0 aromatic heterocycles. The van der Waals surface area contributed by atoms with Crippen LogP contribution in [0.4, 0.5) is 4.79 Å². The zero-order valence-corrected chi connectivity index (χ0v) is 8.57. The van der Waals surface area contributed by atoms with E-state index in [9.17, 15) is 4.79 Å². The van der Waals surface area contributed by atoms with Gasteiger partial charge in [-0.25, -0.2) is 0 Å². The first-order valence-corrected chi connectivity index (χ1v) is 4.94. The third kappa shape index (κ3) is 5.13. The number of hydrogen-bond acceptors (Lipinski definition) is 2. The number of carbonyl (C=O) groups excluding carboxylic acids is 1. The zero-order valence-electron chi connectivity index (χ0n) is 7.76. The molecule has 0 atom stereocenters. The Morgan fingerprint density at radius 2 is 2.09 bits per heavy atom. The van der Waals surface area contributed by atoms with Gasteiger partial charge >= 0.3 is 0 Å². The lowest BCUT2D eigenvalue weighted by molar-refractivity contribution is 0.228. The van der Waals surface area contributed by atoms with Crippen LogP contribution < -0.4 is 0 Å². The fourth-order valence-electron chi connectivity index (χ4n) is 0.856. The minimum absolute atomic E-state index is 0.182. The second-order valence-corrected chi connectivity index (χ2v) is 4.19. The Morgan fingerprint density at radius 1 is 1.55 bits per heavy atom. The fourth-order valence-corrected chi connectivity index (χ4v) is 1.40. The van der Waals surface area contributed by atoms with Crippen LogP contribution in [0.25, 0.3) is 0 Å². The Balaban J connectivity index is 3.64. The maximum Gasteiger partial charge on any atom is 0.281 e. The molecule has 0 N–H and O–H groups in total. The topological polar surface area (TPSA) is 20.3 Å². The van der Waals surface area contributed by atoms with Crippen molar-refractivity contribution in [1.29, 1.82) is 0 Å². The molecule has 0 bridgehead atoms. The van der Waals surface area contributed by atoms with Crippen LogP contribution in [-0.4, -0.2) is 29.5 Å². The normalized spacial score (nSPS) is 10.3. The Hall–Kier alpha value is -0.180. The molecule has 0 spiro atoms. The summed E-state index contributed by atoms with van der Waals surface area (Å²) in [7, 11) is 1.85. The molecule has 0 radical (unpaired) electrons. The molecule has 1 amide bonds. The van der Waals surface area contributed by atoms with Gasteiger partial charge in [0.15, 0.2) is 0 Å². The fraction of sp³-hybridized carbons (Fsp3) is 0.875. The maximum atomic E-state index is 11.2. The summed E-state index contributed by atoms with van der Waals surface area (Å²) in [6.45, 7) is 7.07. The molecule has 0 aromatic carbocycles. The summed E-state index contributed by atoms with van der Waals surface area (Å²) < 4.78 is 0. The number of carbonyl (C=O) groups is 1. The number of hydrogen-bond donors (Lipinski definition) is 0. The van der Waals surface area contributed by atoms with Crippen molar-refractivity contribution in [2.24, 2.45) is 5.92 Å². The SMILES string of the molecule is CCSC(=O)N(C)CC(C)C. The molecule has 0 aromatic rings. The number of nitrogens with zero attached hydrogens (tertiary/aromatic N) is 1. The van der Waals surface area contributed by atoms with E-state index in [2.05, 4.69) is 13.8 Å². The third-order valence-corrected chi connectivity index (χ3v) is 2.07. The van der Waals surface area contributed by atoms with Gasteiger partial charge in [0, 0.05) is 13.6 Å².